The zero-order valence-corrected chi connectivity index (χ0v) is 8.32. The van der Waals surface area contributed by atoms with Gasteiger partial charge in [0.1, 0.15) is 0 Å². The molecule has 1 rings (SSSR count). The van der Waals surface area contributed by atoms with Gasteiger partial charge in [0.05, 0.1) is 18.8 Å². The first-order valence-corrected chi connectivity index (χ1v) is 4.65. The molecule has 0 radical (unpaired) electrons. The quantitative estimate of drug-likeness (QED) is 0.640. The van der Waals surface area contributed by atoms with Crippen molar-refractivity contribution >= 4 is 0 Å². The molecule has 4 nitrogen and oxygen atoms in total. The average molecular weight is 189 g/mol. The number of aliphatic hydroxyl groups is 1. The Balaban J connectivity index is 2.64. The molecule has 1 saturated heterocycles. The molecule has 3 N–H and O–H groups in total. The summed E-state index contributed by atoms with van der Waals surface area (Å²) in [5.41, 5.74) is 5.37. The van der Waals surface area contributed by atoms with Crippen LogP contribution in [0.1, 0.15) is 13.3 Å². The van der Waals surface area contributed by atoms with Gasteiger partial charge in [-0.2, -0.15) is 0 Å². The topological polar surface area (TPSA) is 64.7 Å². The third-order valence-corrected chi connectivity index (χ3v) is 2.98. The summed E-state index contributed by atoms with van der Waals surface area (Å²) in [6, 6.07) is 0. The molecule has 0 aromatic heterocycles. The van der Waals surface area contributed by atoms with Crippen LogP contribution in [-0.4, -0.2) is 44.2 Å². The lowest BCUT2D eigenvalue weighted by Gasteiger charge is -2.34. The van der Waals surface area contributed by atoms with E-state index in [4.69, 9.17) is 15.2 Å². The highest BCUT2D eigenvalue weighted by molar-refractivity contribution is 4.93. The standard InChI is InChI=1S/C9H19NO3/c1-7(12-2)8(11)9(5-10)3-4-13-6-9/h7-8,11H,3-6,10H2,1-2H3. The van der Waals surface area contributed by atoms with Crippen molar-refractivity contribution < 1.29 is 14.6 Å². The van der Waals surface area contributed by atoms with Crippen molar-refractivity contribution in [2.24, 2.45) is 11.1 Å². The van der Waals surface area contributed by atoms with Gasteiger partial charge in [-0.25, -0.2) is 0 Å². The maximum Gasteiger partial charge on any atom is 0.0890 e. The fourth-order valence-electron chi connectivity index (χ4n) is 1.76. The number of nitrogens with two attached hydrogens (primary N) is 1. The van der Waals surface area contributed by atoms with Gasteiger partial charge in [-0.15, -0.1) is 0 Å². The largest absolute Gasteiger partial charge is 0.390 e. The van der Waals surface area contributed by atoms with Crippen LogP contribution in [0.5, 0.6) is 0 Å². The molecule has 1 aliphatic rings. The molecule has 4 heteroatoms. The van der Waals surface area contributed by atoms with E-state index in [1.165, 1.54) is 0 Å². The third kappa shape index (κ3) is 2.02. The highest BCUT2D eigenvalue weighted by Crippen LogP contribution is 2.33. The summed E-state index contributed by atoms with van der Waals surface area (Å²) in [6.45, 7) is 3.52. The Labute approximate surface area is 79.0 Å². The van der Waals surface area contributed by atoms with Gasteiger partial charge in [-0.05, 0) is 13.3 Å². The summed E-state index contributed by atoms with van der Waals surface area (Å²) in [5.74, 6) is 0. The first-order valence-electron chi connectivity index (χ1n) is 4.65. The minimum atomic E-state index is -0.537. The third-order valence-electron chi connectivity index (χ3n) is 2.98. The number of hydrogen-bond donors (Lipinski definition) is 2. The van der Waals surface area contributed by atoms with E-state index >= 15 is 0 Å². The number of aliphatic hydroxyl groups excluding tert-OH is 1. The van der Waals surface area contributed by atoms with Crippen LogP contribution < -0.4 is 5.73 Å². The predicted molar refractivity (Wildman–Crippen MR) is 49.4 cm³/mol. The summed E-state index contributed by atoms with van der Waals surface area (Å²) in [5, 5.41) is 9.98. The first kappa shape index (κ1) is 10.9. The van der Waals surface area contributed by atoms with Gasteiger partial charge in [-0.1, -0.05) is 0 Å². The molecule has 13 heavy (non-hydrogen) atoms. The molecule has 78 valence electrons. The summed E-state index contributed by atoms with van der Waals surface area (Å²) >= 11 is 0. The predicted octanol–water partition coefficient (Wildman–Crippen LogP) is -0.252. The molecule has 3 atom stereocenters. The highest BCUT2D eigenvalue weighted by Gasteiger charge is 2.43. The maximum atomic E-state index is 9.98. The van der Waals surface area contributed by atoms with Crippen LogP contribution in [-0.2, 0) is 9.47 Å². The van der Waals surface area contributed by atoms with Gasteiger partial charge in [-0.3, -0.25) is 0 Å². The molecular weight excluding hydrogens is 170 g/mol. The highest BCUT2D eigenvalue weighted by atomic mass is 16.5. The molecule has 0 bridgehead atoms. The Bertz CT molecular complexity index is 157. The zero-order chi connectivity index (χ0) is 9.90. The van der Waals surface area contributed by atoms with Gasteiger partial charge in [0.2, 0.25) is 0 Å². The number of methoxy groups -OCH3 is 1. The van der Waals surface area contributed by atoms with E-state index in [9.17, 15) is 5.11 Å². The molecular formula is C9H19NO3. The first-order chi connectivity index (χ1) is 6.16. The Morgan fingerprint density at radius 3 is 2.77 bits per heavy atom. The second kappa shape index (κ2) is 4.37. The van der Waals surface area contributed by atoms with Gasteiger partial charge in [0.15, 0.2) is 0 Å². The van der Waals surface area contributed by atoms with Gasteiger partial charge < -0.3 is 20.3 Å². The van der Waals surface area contributed by atoms with E-state index in [-0.39, 0.29) is 11.5 Å². The molecule has 0 aliphatic carbocycles. The fourth-order valence-corrected chi connectivity index (χ4v) is 1.76. The lowest BCUT2D eigenvalue weighted by Crippen LogP contribution is -2.48. The molecule has 3 unspecified atom stereocenters. The summed E-state index contributed by atoms with van der Waals surface area (Å²) < 4.78 is 10.4. The second-order valence-corrected chi connectivity index (χ2v) is 3.75. The lowest BCUT2D eigenvalue weighted by atomic mass is 9.79. The number of rotatable bonds is 4. The fraction of sp³-hybridized carbons (Fsp3) is 1.00. The van der Waals surface area contributed by atoms with E-state index in [1.54, 1.807) is 7.11 Å². The SMILES string of the molecule is COC(C)C(O)C1(CN)CCOC1. The van der Waals surface area contributed by atoms with E-state index < -0.39 is 6.10 Å². The van der Waals surface area contributed by atoms with Crippen molar-refractivity contribution in [2.75, 3.05) is 26.9 Å². The molecule has 0 aromatic carbocycles. The maximum absolute atomic E-state index is 9.98. The van der Waals surface area contributed by atoms with Gasteiger partial charge >= 0.3 is 0 Å². The molecule has 1 heterocycles. The van der Waals surface area contributed by atoms with Crippen LogP contribution in [0.25, 0.3) is 0 Å². The van der Waals surface area contributed by atoms with Crippen molar-refractivity contribution in [3.05, 3.63) is 0 Å². The Morgan fingerprint density at radius 2 is 2.38 bits per heavy atom. The van der Waals surface area contributed by atoms with E-state index in [0.717, 1.165) is 6.42 Å². The second-order valence-electron chi connectivity index (χ2n) is 3.75. The monoisotopic (exact) mass is 189 g/mol. The van der Waals surface area contributed by atoms with Gasteiger partial charge in [0.25, 0.3) is 0 Å². The van der Waals surface area contributed by atoms with E-state index in [2.05, 4.69) is 0 Å². The van der Waals surface area contributed by atoms with Crippen LogP contribution in [0.2, 0.25) is 0 Å². The van der Waals surface area contributed by atoms with Crippen LogP contribution in [0, 0.1) is 5.41 Å². The molecule has 1 fully saturated rings. The van der Waals surface area contributed by atoms with Crippen LogP contribution in [0.3, 0.4) is 0 Å². The van der Waals surface area contributed by atoms with Crippen LogP contribution in [0.15, 0.2) is 0 Å². The number of ether oxygens (including phenoxy) is 2. The molecule has 0 spiro atoms. The van der Waals surface area contributed by atoms with Crippen molar-refractivity contribution in [2.45, 2.75) is 25.6 Å². The average Bonchev–Trinajstić information content (AvgIpc) is 2.65. The van der Waals surface area contributed by atoms with Crippen molar-refractivity contribution in [3.63, 3.8) is 0 Å². The van der Waals surface area contributed by atoms with Crippen molar-refractivity contribution in [3.8, 4) is 0 Å². The molecule has 0 saturated carbocycles. The summed E-state index contributed by atoms with van der Waals surface area (Å²) in [7, 11) is 1.59. The normalized spacial score (nSPS) is 33.2. The number of hydrogen-bond acceptors (Lipinski definition) is 4. The van der Waals surface area contributed by atoms with Crippen LogP contribution in [0.4, 0.5) is 0 Å². The molecule has 0 aromatic rings. The summed E-state index contributed by atoms with van der Waals surface area (Å²) in [6.07, 6.45) is 0.0912. The Hall–Kier alpha value is -0.160. The van der Waals surface area contributed by atoms with Gasteiger partial charge in [0, 0.05) is 25.7 Å². The Morgan fingerprint density at radius 1 is 1.69 bits per heavy atom. The summed E-state index contributed by atoms with van der Waals surface area (Å²) in [4.78, 5) is 0. The van der Waals surface area contributed by atoms with Crippen molar-refractivity contribution in [1.82, 2.24) is 0 Å². The smallest absolute Gasteiger partial charge is 0.0890 e. The van der Waals surface area contributed by atoms with E-state index in [1.807, 2.05) is 6.92 Å². The van der Waals surface area contributed by atoms with E-state index in [0.29, 0.717) is 19.8 Å². The Kier molecular flexibility index (Phi) is 3.67. The zero-order valence-electron chi connectivity index (χ0n) is 8.32. The minimum Gasteiger partial charge on any atom is -0.390 e. The van der Waals surface area contributed by atoms with Crippen molar-refractivity contribution in [1.29, 1.82) is 0 Å². The molecule has 1 aliphatic heterocycles. The minimum absolute atomic E-state index is 0.190. The lowest BCUT2D eigenvalue weighted by molar-refractivity contribution is -0.0730. The van der Waals surface area contributed by atoms with Crippen LogP contribution >= 0.6 is 0 Å². The molecule has 0 amide bonds.